The molecule has 94 valence electrons. The molecule has 2 heteroatoms. The van der Waals surface area contributed by atoms with E-state index in [4.69, 9.17) is 16.3 Å². The highest BCUT2D eigenvalue weighted by atomic mass is 35.5. The number of hydrogen-bond donors (Lipinski definition) is 0. The van der Waals surface area contributed by atoms with E-state index in [0.717, 1.165) is 31.6 Å². The van der Waals surface area contributed by atoms with E-state index in [1.54, 1.807) is 0 Å². The Hall–Kier alpha value is -0.690. The molecule has 0 amide bonds. The van der Waals surface area contributed by atoms with Crippen LogP contribution in [-0.2, 0) is 6.42 Å². The van der Waals surface area contributed by atoms with Crippen LogP contribution in [-0.4, -0.2) is 6.61 Å². The number of halogens is 1. The van der Waals surface area contributed by atoms with Crippen LogP contribution in [0, 0.1) is 5.41 Å². The van der Waals surface area contributed by atoms with Crippen molar-refractivity contribution < 1.29 is 4.74 Å². The molecule has 1 aliphatic heterocycles. The van der Waals surface area contributed by atoms with Crippen molar-refractivity contribution in [3.05, 3.63) is 29.3 Å². The Kier molecular flexibility index (Phi) is 3.67. The molecule has 0 spiro atoms. The second-order valence-electron chi connectivity index (χ2n) is 5.52. The fraction of sp³-hybridized carbons (Fsp3) is 0.600. The summed E-state index contributed by atoms with van der Waals surface area (Å²) in [5, 5.41) is 0.0692. The van der Waals surface area contributed by atoms with Gasteiger partial charge in [0, 0.05) is 0 Å². The summed E-state index contributed by atoms with van der Waals surface area (Å²) in [5.41, 5.74) is 2.67. The number of benzene rings is 1. The zero-order valence-electron chi connectivity index (χ0n) is 10.9. The Morgan fingerprint density at radius 1 is 1.41 bits per heavy atom. The van der Waals surface area contributed by atoms with Gasteiger partial charge in [0.05, 0.1) is 12.0 Å². The molecule has 1 nitrogen and oxygen atoms in total. The number of alkyl halides is 1. The highest BCUT2D eigenvalue weighted by Gasteiger charge is 2.28. The quantitative estimate of drug-likeness (QED) is 0.707. The molecule has 0 N–H and O–H groups in total. The minimum Gasteiger partial charge on any atom is -0.493 e. The van der Waals surface area contributed by atoms with Crippen LogP contribution >= 0.6 is 11.6 Å². The monoisotopic (exact) mass is 252 g/mol. The molecule has 0 radical (unpaired) electrons. The lowest BCUT2D eigenvalue weighted by Crippen LogP contribution is -2.17. The first-order valence-corrected chi connectivity index (χ1v) is 6.88. The summed E-state index contributed by atoms with van der Waals surface area (Å²) in [6.07, 6.45) is 3.30. The molecule has 1 aromatic rings. The van der Waals surface area contributed by atoms with Crippen molar-refractivity contribution in [3.63, 3.8) is 0 Å². The fourth-order valence-electron chi connectivity index (χ4n) is 2.17. The Bertz CT molecular complexity index is 398. The van der Waals surface area contributed by atoms with E-state index in [1.807, 2.05) is 0 Å². The minimum atomic E-state index is 0.0692. The lowest BCUT2D eigenvalue weighted by atomic mass is 9.82. The average Bonchev–Trinajstić information content (AvgIpc) is 2.37. The van der Waals surface area contributed by atoms with E-state index in [1.165, 1.54) is 11.1 Å². The van der Waals surface area contributed by atoms with Crippen molar-refractivity contribution in [3.8, 4) is 5.75 Å². The molecule has 0 aliphatic carbocycles. The van der Waals surface area contributed by atoms with Crippen LogP contribution in [0.3, 0.4) is 0 Å². The molecular formula is C15H21ClO. The molecule has 0 saturated heterocycles. The highest BCUT2D eigenvalue weighted by Crippen LogP contribution is 2.42. The van der Waals surface area contributed by atoms with Crippen molar-refractivity contribution >= 4 is 11.6 Å². The van der Waals surface area contributed by atoms with Crippen LogP contribution in [0.5, 0.6) is 5.75 Å². The first-order valence-electron chi connectivity index (χ1n) is 6.44. The van der Waals surface area contributed by atoms with E-state index in [-0.39, 0.29) is 10.8 Å². The second-order valence-corrected chi connectivity index (χ2v) is 5.96. The van der Waals surface area contributed by atoms with Gasteiger partial charge in [-0.15, -0.1) is 11.6 Å². The van der Waals surface area contributed by atoms with Gasteiger partial charge in [-0.2, -0.15) is 0 Å². The normalized spacial score (nSPS) is 17.2. The number of fused-ring (bicyclic) bond motifs is 1. The maximum atomic E-state index is 6.60. The zero-order valence-corrected chi connectivity index (χ0v) is 11.7. The predicted octanol–water partition coefficient (Wildman–Crippen LogP) is 4.73. The lowest BCUT2D eigenvalue weighted by Gasteiger charge is -2.30. The third-order valence-electron chi connectivity index (χ3n) is 3.82. The topological polar surface area (TPSA) is 9.23 Å². The number of aryl methyl sites for hydroxylation is 1. The van der Waals surface area contributed by atoms with E-state index in [9.17, 15) is 0 Å². The molecule has 0 bridgehead atoms. The molecule has 1 atom stereocenters. The van der Waals surface area contributed by atoms with E-state index < -0.39 is 0 Å². The Labute approximate surface area is 109 Å². The number of rotatable bonds is 3. The van der Waals surface area contributed by atoms with Crippen molar-refractivity contribution in [2.45, 2.75) is 45.4 Å². The summed E-state index contributed by atoms with van der Waals surface area (Å²) in [6.45, 7) is 7.48. The summed E-state index contributed by atoms with van der Waals surface area (Å²) in [7, 11) is 0. The lowest BCUT2D eigenvalue weighted by molar-refractivity contribution is 0.287. The number of ether oxygens (including phenoxy) is 1. The van der Waals surface area contributed by atoms with Crippen LogP contribution in [0.25, 0.3) is 0 Å². The van der Waals surface area contributed by atoms with Crippen LogP contribution < -0.4 is 4.74 Å². The summed E-state index contributed by atoms with van der Waals surface area (Å²) in [4.78, 5) is 0. The van der Waals surface area contributed by atoms with Crippen LogP contribution in [0.1, 0.15) is 50.1 Å². The molecule has 1 aromatic carbocycles. The van der Waals surface area contributed by atoms with Gasteiger partial charge in [-0.25, -0.2) is 0 Å². The van der Waals surface area contributed by atoms with E-state index in [0.29, 0.717) is 0 Å². The summed E-state index contributed by atoms with van der Waals surface area (Å²) < 4.78 is 5.63. The molecule has 0 fully saturated rings. The molecule has 1 heterocycles. The van der Waals surface area contributed by atoms with Crippen molar-refractivity contribution in [1.82, 2.24) is 0 Å². The third-order valence-corrected chi connectivity index (χ3v) is 4.67. The smallest absolute Gasteiger partial charge is 0.122 e. The molecule has 2 rings (SSSR count). The van der Waals surface area contributed by atoms with Gasteiger partial charge in [0.1, 0.15) is 5.75 Å². The Morgan fingerprint density at radius 3 is 2.88 bits per heavy atom. The van der Waals surface area contributed by atoms with Crippen LogP contribution in [0.4, 0.5) is 0 Å². The third kappa shape index (κ3) is 2.60. The SMILES string of the molecule is CCC(C)(C)C(Cl)c1ccc2c(c1)CCCO2. The van der Waals surface area contributed by atoms with Crippen LogP contribution in [0.2, 0.25) is 0 Å². The standard InChI is InChI=1S/C15H21ClO/c1-4-15(2,3)14(16)12-7-8-13-11(10-12)6-5-9-17-13/h7-8,10,14H,4-6,9H2,1-3H3. The van der Waals surface area contributed by atoms with Gasteiger partial charge in [-0.3, -0.25) is 0 Å². The number of hydrogen-bond acceptors (Lipinski definition) is 1. The van der Waals surface area contributed by atoms with Crippen LogP contribution in [0.15, 0.2) is 18.2 Å². The first kappa shape index (κ1) is 12.8. The predicted molar refractivity (Wildman–Crippen MR) is 72.9 cm³/mol. The Morgan fingerprint density at radius 2 is 2.18 bits per heavy atom. The maximum absolute atomic E-state index is 6.60. The van der Waals surface area contributed by atoms with Gasteiger partial charge in [-0.05, 0) is 41.9 Å². The second kappa shape index (κ2) is 4.89. The Balaban J connectivity index is 2.28. The summed E-state index contributed by atoms with van der Waals surface area (Å²) >= 11 is 6.60. The maximum Gasteiger partial charge on any atom is 0.122 e. The molecule has 17 heavy (non-hydrogen) atoms. The van der Waals surface area contributed by atoms with Gasteiger partial charge in [0.25, 0.3) is 0 Å². The van der Waals surface area contributed by atoms with Gasteiger partial charge >= 0.3 is 0 Å². The molecule has 1 unspecified atom stereocenters. The largest absolute Gasteiger partial charge is 0.493 e. The molecule has 0 saturated carbocycles. The van der Waals surface area contributed by atoms with Crippen molar-refractivity contribution in [2.24, 2.45) is 5.41 Å². The van der Waals surface area contributed by atoms with E-state index in [2.05, 4.69) is 39.0 Å². The van der Waals surface area contributed by atoms with Gasteiger partial charge in [-0.1, -0.05) is 32.9 Å². The molecule has 0 aromatic heterocycles. The van der Waals surface area contributed by atoms with Gasteiger partial charge < -0.3 is 4.74 Å². The van der Waals surface area contributed by atoms with Gasteiger partial charge in [0.15, 0.2) is 0 Å². The first-order chi connectivity index (χ1) is 8.04. The highest BCUT2D eigenvalue weighted by molar-refractivity contribution is 6.21. The van der Waals surface area contributed by atoms with Crippen molar-refractivity contribution in [1.29, 1.82) is 0 Å². The average molecular weight is 253 g/mol. The van der Waals surface area contributed by atoms with Crippen molar-refractivity contribution in [2.75, 3.05) is 6.61 Å². The molecule has 1 aliphatic rings. The van der Waals surface area contributed by atoms with Gasteiger partial charge in [0.2, 0.25) is 0 Å². The molecular weight excluding hydrogens is 232 g/mol. The summed E-state index contributed by atoms with van der Waals surface area (Å²) in [6, 6.07) is 6.41. The summed E-state index contributed by atoms with van der Waals surface area (Å²) in [5.74, 6) is 1.04. The fourth-order valence-corrected chi connectivity index (χ4v) is 2.46. The van der Waals surface area contributed by atoms with E-state index >= 15 is 0 Å². The minimum absolute atomic E-state index is 0.0692. The zero-order chi connectivity index (χ0) is 12.5.